The number of aromatic nitrogens is 2. The van der Waals surface area contributed by atoms with Crippen LogP contribution in [0.2, 0.25) is 0 Å². The minimum atomic E-state index is -0.491. The molecule has 0 bridgehead atoms. The van der Waals surface area contributed by atoms with Gasteiger partial charge in [0.1, 0.15) is 5.69 Å². The Morgan fingerprint density at radius 1 is 1.69 bits per heavy atom. The summed E-state index contributed by atoms with van der Waals surface area (Å²) in [6.45, 7) is 4.56. The Balaban J connectivity index is 2.49. The van der Waals surface area contributed by atoms with E-state index >= 15 is 0 Å². The van der Waals surface area contributed by atoms with E-state index in [2.05, 4.69) is 15.3 Å². The number of hydrogen-bond acceptors (Lipinski definition) is 2. The molecule has 0 saturated heterocycles. The van der Waals surface area contributed by atoms with Crippen LogP contribution in [0.4, 0.5) is 0 Å². The summed E-state index contributed by atoms with van der Waals surface area (Å²) in [6, 6.07) is -0.491. The number of hydrogen-bond donors (Lipinski definition) is 2. The topological polar surface area (TPSA) is 77.7 Å². The second kappa shape index (κ2) is 3.93. The van der Waals surface area contributed by atoms with Gasteiger partial charge >= 0.3 is 6.01 Å². The Kier molecular flexibility index (Phi) is 2.89. The van der Waals surface area contributed by atoms with Crippen LogP contribution in [0.15, 0.2) is 6.20 Å². The first-order valence-electron chi connectivity index (χ1n) is 4.10. The average molecular weight is 182 g/mol. The van der Waals surface area contributed by atoms with Crippen LogP contribution in [-0.4, -0.2) is 22.4 Å². The number of H-pyrrole nitrogens is 1. The molecule has 1 radical (unpaired) electrons. The third kappa shape index (κ3) is 2.77. The van der Waals surface area contributed by atoms with E-state index in [1.807, 2.05) is 13.8 Å². The zero-order chi connectivity index (χ0) is 9.84. The van der Waals surface area contributed by atoms with Crippen LogP contribution in [0, 0.1) is 5.92 Å². The first kappa shape index (κ1) is 9.57. The van der Waals surface area contributed by atoms with Gasteiger partial charge in [-0.15, -0.1) is 0 Å². The number of nitrogens with zero attached hydrogens (tertiary/aromatic N) is 1. The van der Waals surface area contributed by atoms with Gasteiger partial charge in [-0.05, 0) is 5.92 Å². The van der Waals surface area contributed by atoms with Crippen molar-refractivity contribution in [2.45, 2.75) is 13.8 Å². The second-order valence-corrected chi connectivity index (χ2v) is 3.19. The van der Waals surface area contributed by atoms with E-state index in [1.165, 1.54) is 6.20 Å². The minimum absolute atomic E-state index is 0.144. The number of carbonyl (C=O) groups is 1. The zero-order valence-corrected chi connectivity index (χ0v) is 7.63. The summed E-state index contributed by atoms with van der Waals surface area (Å²) in [5.41, 5.74) is 0.144. The fraction of sp³-hybridized carbons (Fsp3) is 0.500. The van der Waals surface area contributed by atoms with E-state index in [0.29, 0.717) is 12.5 Å². The van der Waals surface area contributed by atoms with Crippen LogP contribution in [0.25, 0.3) is 0 Å². The molecule has 2 N–H and O–H groups in total. The smallest absolute Gasteiger partial charge is 0.345 e. The predicted octanol–water partition coefficient (Wildman–Crippen LogP) is 0.939. The van der Waals surface area contributed by atoms with Crippen molar-refractivity contribution < 1.29 is 9.90 Å². The molecule has 0 fully saturated rings. The molecule has 5 nitrogen and oxygen atoms in total. The van der Waals surface area contributed by atoms with Crippen LogP contribution in [0.5, 0.6) is 6.01 Å². The van der Waals surface area contributed by atoms with Gasteiger partial charge in [-0.25, -0.2) is 5.11 Å². The first-order chi connectivity index (χ1) is 6.09. The number of aromatic amines is 1. The van der Waals surface area contributed by atoms with Gasteiger partial charge in [0.15, 0.2) is 0 Å². The molecule has 0 aliphatic heterocycles. The quantitative estimate of drug-likeness (QED) is 0.729. The summed E-state index contributed by atoms with van der Waals surface area (Å²) in [7, 11) is 0. The molecular formula is C8H12N3O2. The molecule has 0 unspecified atom stereocenters. The molecule has 1 amide bonds. The Morgan fingerprint density at radius 3 is 2.85 bits per heavy atom. The van der Waals surface area contributed by atoms with E-state index in [-0.39, 0.29) is 11.6 Å². The van der Waals surface area contributed by atoms with Gasteiger partial charge in [0.05, 0.1) is 0 Å². The van der Waals surface area contributed by atoms with E-state index in [4.69, 9.17) is 0 Å². The molecule has 1 rings (SSSR count). The van der Waals surface area contributed by atoms with E-state index in [1.54, 1.807) is 0 Å². The van der Waals surface area contributed by atoms with Crippen molar-refractivity contribution in [3.8, 4) is 6.01 Å². The third-order valence-corrected chi connectivity index (χ3v) is 1.46. The lowest BCUT2D eigenvalue weighted by atomic mass is 10.2. The summed E-state index contributed by atoms with van der Waals surface area (Å²) in [6.07, 6.45) is 1.30. The lowest BCUT2D eigenvalue weighted by Gasteiger charge is -2.04. The molecule has 0 aromatic carbocycles. The van der Waals surface area contributed by atoms with Crippen LogP contribution in [0.3, 0.4) is 0 Å². The maximum atomic E-state index is 11.2. The van der Waals surface area contributed by atoms with Crippen molar-refractivity contribution in [2.75, 3.05) is 6.54 Å². The largest absolute Gasteiger partial charge is 0.350 e. The molecule has 13 heavy (non-hydrogen) atoms. The standard InChI is InChI=1S/C8H12N3O2/c1-5(2)3-9-7(12)6-4-10-8(13)11-6/h4-5H,3H2,1-2H3,(H,9,12)(H,10,11). The summed E-state index contributed by atoms with van der Waals surface area (Å²) < 4.78 is 0. The van der Waals surface area contributed by atoms with Crippen LogP contribution in [0.1, 0.15) is 24.3 Å². The van der Waals surface area contributed by atoms with Gasteiger partial charge in [0, 0.05) is 12.7 Å². The van der Waals surface area contributed by atoms with Crippen molar-refractivity contribution in [1.29, 1.82) is 0 Å². The van der Waals surface area contributed by atoms with E-state index in [9.17, 15) is 9.90 Å². The maximum absolute atomic E-state index is 11.2. The number of carbonyl (C=O) groups excluding carboxylic acids is 1. The summed E-state index contributed by atoms with van der Waals surface area (Å²) >= 11 is 0. The molecule has 0 aliphatic carbocycles. The van der Waals surface area contributed by atoms with E-state index < -0.39 is 6.01 Å². The average Bonchev–Trinajstić information content (AvgIpc) is 2.47. The molecule has 71 valence electrons. The van der Waals surface area contributed by atoms with Crippen LogP contribution < -0.4 is 5.32 Å². The molecule has 0 atom stereocenters. The van der Waals surface area contributed by atoms with Gasteiger partial charge in [0.2, 0.25) is 0 Å². The normalized spacial score (nSPS) is 10.4. The third-order valence-electron chi connectivity index (χ3n) is 1.46. The van der Waals surface area contributed by atoms with Gasteiger partial charge in [-0.1, -0.05) is 13.8 Å². The molecular weight excluding hydrogens is 170 g/mol. The fourth-order valence-corrected chi connectivity index (χ4v) is 0.808. The monoisotopic (exact) mass is 182 g/mol. The lowest BCUT2D eigenvalue weighted by molar-refractivity contribution is 0.0943. The number of nitrogens with one attached hydrogen (secondary N) is 2. The Morgan fingerprint density at radius 2 is 2.38 bits per heavy atom. The number of imidazole rings is 1. The minimum Gasteiger partial charge on any atom is -0.350 e. The molecule has 0 saturated carbocycles. The molecule has 0 spiro atoms. The molecule has 0 aliphatic rings. The highest BCUT2D eigenvalue weighted by Gasteiger charge is 2.09. The van der Waals surface area contributed by atoms with E-state index in [0.717, 1.165) is 0 Å². The SMILES string of the molecule is CC(C)CNC(=O)c1c[nH]c([O])n1. The highest BCUT2D eigenvalue weighted by molar-refractivity contribution is 5.92. The van der Waals surface area contributed by atoms with Gasteiger partial charge in [-0.3, -0.25) is 4.79 Å². The summed E-state index contributed by atoms with van der Waals surface area (Å²) in [5.74, 6) is 0.0710. The first-order valence-corrected chi connectivity index (χ1v) is 4.10. The predicted molar refractivity (Wildman–Crippen MR) is 45.9 cm³/mol. The summed E-state index contributed by atoms with van der Waals surface area (Å²) in [4.78, 5) is 17.0. The zero-order valence-electron chi connectivity index (χ0n) is 7.63. The number of rotatable bonds is 3. The highest BCUT2D eigenvalue weighted by atomic mass is 16.3. The van der Waals surface area contributed by atoms with Gasteiger partial charge in [0.25, 0.3) is 5.91 Å². The summed E-state index contributed by atoms with van der Waals surface area (Å²) in [5, 5.41) is 13.2. The van der Waals surface area contributed by atoms with Crippen molar-refractivity contribution in [2.24, 2.45) is 5.92 Å². The van der Waals surface area contributed by atoms with Crippen LogP contribution in [-0.2, 0) is 5.11 Å². The van der Waals surface area contributed by atoms with Crippen molar-refractivity contribution >= 4 is 5.91 Å². The maximum Gasteiger partial charge on any atom is 0.345 e. The Bertz CT molecular complexity index is 293. The molecule has 1 aromatic rings. The van der Waals surface area contributed by atoms with Crippen molar-refractivity contribution in [3.05, 3.63) is 11.9 Å². The van der Waals surface area contributed by atoms with Crippen molar-refractivity contribution in [3.63, 3.8) is 0 Å². The fourth-order valence-electron chi connectivity index (χ4n) is 0.808. The molecule has 1 aromatic heterocycles. The second-order valence-electron chi connectivity index (χ2n) is 3.19. The highest BCUT2D eigenvalue weighted by Crippen LogP contribution is 2.02. The Hall–Kier alpha value is -1.52. The Labute approximate surface area is 76.2 Å². The molecule has 1 heterocycles. The molecule has 5 heteroatoms. The van der Waals surface area contributed by atoms with Crippen molar-refractivity contribution in [1.82, 2.24) is 15.3 Å². The number of amides is 1. The lowest BCUT2D eigenvalue weighted by Crippen LogP contribution is -2.27. The van der Waals surface area contributed by atoms with Gasteiger partial charge in [-0.2, -0.15) is 4.98 Å². The van der Waals surface area contributed by atoms with Gasteiger partial charge < -0.3 is 10.3 Å². The van der Waals surface area contributed by atoms with Crippen LogP contribution >= 0.6 is 0 Å².